The molecule has 2 N–H and O–H groups in total. The van der Waals surface area contributed by atoms with Crippen LogP contribution in [0.2, 0.25) is 5.02 Å². The fourth-order valence-electron chi connectivity index (χ4n) is 2.25. The molecule has 2 rings (SSSR count). The summed E-state index contributed by atoms with van der Waals surface area (Å²) in [5.74, 6) is 0. The second-order valence-corrected chi connectivity index (χ2v) is 5.54. The molecule has 0 spiro atoms. The average molecular weight is 270 g/mol. The zero-order chi connectivity index (χ0) is 13.0. The Morgan fingerprint density at radius 1 is 1.44 bits per heavy atom. The highest BCUT2D eigenvalue weighted by Crippen LogP contribution is 2.24. The fourth-order valence-corrected chi connectivity index (χ4v) is 2.38. The third-order valence-corrected chi connectivity index (χ3v) is 3.64. The number of benzene rings is 1. The van der Waals surface area contributed by atoms with Crippen LogP contribution in [-0.2, 0) is 4.74 Å². The van der Waals surface area contributed by atoms with E-state index in [4.69, 9.17) is 16.3 Å². The number of halogens is 1. The normalized spacial score (nSPS) is 25.3. The molecule has 1 heterocycles. The van der Waals surface area contributed by atoms with E-state index in [-0.39, 0.29) is 5.60 Å². The summed E-state index contributed by atoms with van der Waals surface area (Å²) in [4.78, 5) is 0. The van der Waals surface area contributed by atoms with Gasteiger partial charge in [-0.15, -0.1) is 0 Å². The standard InChI is InChI=1S/C14H20ClNO2/c1-14(7-2-8-18-14)10-16-9-13(17)11-3-5-12(15)6-4-11/h3-6,13,16-17H,2,7-10H2,1H3. The summed E-state index contributed by atoms with van der Waals surface area (Å²) in [6, 6.07) is 7.29. The van der Waals surface area contributed by atoms with Crippen molar-refractivity contribution < 1.29 is 9.84 Å². The molecule has 1 aliphatic heterocycles. The first kappa shape index (κ1) is 13.8. The molecule has 3 nitrogen and oxygen atoms in total. The number of rotatable bonds is 5. The van der Waals surface area contributed by atoms with E-state index in [0.29, 0.717) is 11.6 Å². The Balaban J connectivity index is 1.77. The maximum Gasteiger partial charge on any atom is 0.0914 e. The number of ether oxygens (including phenoxy) is 1. The van der Waals surface area contributed by atoms with Gasteiger partial charge in [0, 0.05) is 24.7 Å². The number of aliphatic hydroxyl groups is 1. The van der Waals surface area contributed by atoms with Gasteiger partial charge in [-0.2, -0.15) is 0 Å². The Morgan fingerprint density at radius 2 is 2.17 bits per heavy atom. The van der Waals surface area contributed by atoms with Crippen LogP contribution in [-0.4, -0.2) is 30.4 Å². The second kappa shape index (κ2) is 6.02. The Kier molecular flexibility index (Phi) is 4.62. The van der Waals surface area contributed by atoms with Crippen molar-refractivity contribution >= 4 is 11.6 Å². The number of aliphatic hydroxyl groups excluding tert-OH is 1. The molecule has 0 bridgehead atoms. The van der Waals surface area contributed by atoms with Crippen molar-refractivity contribution in [3.63, 3.8) is 0 Å². The van der Waals surface area contributed by atoms with E-state index in [2.05, 4.69) is 12.2 Å². The van der Waals surface area contributed by atoms with Crippen LogP contribution in [0.25, 0.3) is 0 Å². The Morgan fingerprint density at radius 3 is 2.78 bits per heavy atom. The van der Waals surface area contributed by atoms with Gasteiger partial charge in [0.2, 0.25) is 0 Å². The molecule has 0 radical (unpaired) electrons. The van der Waals surface area contributed by atoms with E-state index in [1.165, 1.54) is 0 Å². The highest BCUT2D eigenvalue weighted by Gasteiger charge is 2.29. The van der Waals surface area contributed by atoms with E-state index in [9.17, 15) is 5.11 Å². The largest absolute Gasteiger partial charge is 0.387 e. The molecule has 1 aromatic rings. The summed E-state index contributed by atoms with van der Waals surface area (Å²) in [6.07, 6.45) is 1.70. The second-order valence-electron chi connectivity index (χ2n) is 5.10. The van der Waals surface area contributed by atoms with Crippen LogP contribution < -0.4 is 5.32 Å². The van der Waals surface area contributed by atoms with E-state index in [1.807, 2.05) is 12.1 Å². The fraction of sp³-hybridized carbons (Fsp3) is 0.571. The average Bonchev–Trinajstić information content (AvgIpc) is 2.77. The first-order valence-electron chi connectivity index (χ1n) is 6.37. The Bertz CT molecular complexity index is 374. The summed E-state index contributed by atoms with van der Waals surface area (Å²) in [5.41, 5.74) is 0.809. The quantitative estimate of drug-likeness (QED) is 0.863. The van der Waals surface area contributed by atoms with Gasteiger partial charge in [0.15, 0.2) is 0 Å². The predicted molar refractivity (Wildman–Crippen MR) is 72.9 cm³/mol. The zero-order valence-electron chi connectivity index (χ0n) is 10.7. The van der Waals surface area contributed by atoms with Crippen molar-refractivity contribution in [3.05, 3.63) is 34.9 Å². The van der Waals surface area contributed by atoms with Crippen LogP contribution in [0, 0.1) is 0 Å². The van der Waals surface area contributed by atoms with Gasteiger partial charge in [-0.3, -0.25) is 0 Å². The predicted octanol–water partition coefficient (Wildman–Crippen LogP) is 2.53. The summed E-state index contributed by atoms with van der Waals surface area (Å²) < 4.78 is 5.68. The Hall–Kier alpha value is -0.610. The molecule has 18 heavy (non-hydrogen) atoms. The summed E-state index contributed by atoms with van der Waals surface area (Å²) in [5, 5.41) is 14.0. The van der Waals surface area contributed by atoms with Gasteiger partial charge in [-0.25, -0.2) is 0 Å². The number of nitrogens with one attached hydrogen (secondary N) is 1. The van der Waals surface area contributed by atoms with Crippen molar-refractivity contribution in [2.24, 2.45) is 0 Å². The van der Waals surface area contributed by atoms with E-state index < -0.39 is 6.10 Å². The van der Waals surface area contributed by atoms with Crippen molar-refractivity contribution in [1.29, 1.82) is 0 Å². The van der Waals surface area contributed by atoms with Gasteiger partial charge in [-0.05, 0) is 37.5 Å². The summed E-state index contributed by atoms with van der Waals surface area (Å²) in [6.45, 7) is 4.26. The molecule has 1 aliphatic rings. The zero-order valence-corrected chi connectivity index (χ0v) is 11.4. The third-order valence-electron chi connectivity index (χ3n) is 3.39. The minimum atomic E-state index is -0.507. The topological polar surface area (TPSA) is 41.5 Å². The lowest BCUT2D eigenvalue weighted by atomic mass is 10.0. The van der Waals surface area contributed by atoms with Gasteiger partial charge < -0.3 is 15.2 Å². The SMILES string of the molecule is CC1(CNCC(O)c2ccc(Cl)cc2)CCCO1. The third kappa shape index (κ3) is 3.69. The minimum Gasteiger partial charge on any atom is -0.387 e. The molecule has 0 aliphatic carbocycles. The molecule has 100 valence electrons. The first-order valence-corrected chi connectivity index (χ1v) is 6.75. The van der Waals surface area contributed by atoms with Gasteiger partial charge in [-0.1, -0.05) is 23.7 Å². The molecular formula is C14H20ClNO2. The number of hydrogen-bond donors (Lipinski definition) is 2. The van der Waals surface area contributed by atoms with Gasteiger partial charge in [0.05, 0.1) is 11.7 Å². The van der Waals surface area contributed by atoms with Crippen LogP contribution in [0.15, 0.2) is 24.3 Å². The molecule has 0 amide bonds. The van der Waals surface area contributed by atoms with E-state index in [0.717, 1.165) is 31.6 Å². The smallest absolute Gasteiger partial charge is 0.0914 e. The molecule has 2 atom stereocenters. The maximum atomic E-state index is 10.0. The molecule has 1 saturated heterocycles. The van der Waals surface area contributed by atoms with Crippen LogP contribution >= 0.6 is 11.6 Å². The molecule has 0 saturated carbocycles. The maximum absolute atomic E-state index is 10.0. The lowest BCUT2D eigenvalue weighted by Gasteiger charge is -2.24. The molecule has 0 aromatic heterocycles. The summed E-state index contributed by atoms with van der Waals surface area (Å²) in [7, 11) is 0. The van der Waals surface area contributed by atoms with Gasteiger partial charge in [0.1, 0.15) is 0 Å². The van der Waals surface area contributed by atoms with Crippen molar-refractivity contribution in [2.75, 3.05) is 19.7 Å². The van der Waals surface area contributed by atoms with Crippen molar-refractivity contribution in [2.45, 2.75) is 31.5 Å². The molecular weight excluding hydrogens is 250 g/mol. The van der Waals surface area contributed by atoms with Crippen LogP contribution in [0.1, 0.15) is 31.4 Å². The van der Waals surface area contributed by atoms with Crippen molar-refractivity contribution in [3.8, 4) is 0 Å². The number of hydrogen-bond acceptors (Lipinski definition) is 3. The van der Waals surface area contributed by atoms with Gasteiger partial charge >= 0.3 is 0 Å². The molecule has 1 aromatic carbocycles. The summed E-state index contributed by atoms with van der Waals surface area (Å²) >= 11 is 5.81. The molecule has 4 heteroatoms. The molecule has 1 fully saturated rings. The van der Waals surface area contributed by atoms with Crippen LogP contribution in [0.3, 0.4) is 0 Å². The van der Waals surface area contributed by atoms with Gasteiger partial charge in [0.25, 0.3) is 0 Å². The lowest BCUT2D eigenvalue weighted by molar-refractivity contribution is 0.0185. The van der Waals surface area contributed by atoms with E-state index >= 15 is 0 Å². The lowest BCUT2D eigenvalue weighted by Crippen LogP contribution is -2.38. The molecule has 2 unspecified atom stereocenters. The highest BCUT2D eigenvalue weighted by molar-refractivity contribution is 6.30. The first-order chi connectivity index (χ1) is 8.59. The van der Waals surface area contributed by atoms with Crippen LogP contribution in [0.4, 0.5) is 0 Å². The van der Waals surface area contributed by atoms with E-state index in [1.54, 1.807) is 12.1 Å². The highest BCUT2D eigenvalue weighted by atomic mass is 35.5. The monoisotopic (exact) mass is 269 g/mol. The Labute approximate surface area is 113 Å². The van der Waals surface area contributed by atoms with Crippen molar-refractivity contribution in [1.82, 2.24) is 5.32 Å². The minimum absolute atomic E-state index is 0.0697. The van der Waals surface area contributed by atoms with Crippen LogP contribution in [0.5, 0.6) is 0 Å².